The fraction of sp³-hybridized carbons (Fsp3) is 0.500. The first-order valence-electron chi connectivity index (χ1n) is 6.10. The summed E-state index contributed by atoms with van der Waals surface area (Å²) in [5.74, 6) is 1.36. The summed E-state index contributed by atoms with van der Waals surface area (Å²) in [6.07, 6.45) is 0.764. The highest BCUT2D eigenvalue weighted by atomic mass is 35.5. The van der Waals surface area contributed by atoms with E-state index in [1.165, 1.54) is 0 Å². The molecule has 18 heavy (non-hydrogen) atoms. The zero-order chi connectivity index (χ0) is 13.5. The van der Waals surface area contributed by atoms with Crippen LogP contribution in [0, 0.1) is 5.92 Å². The van der Waals surface area contributed by atoms with Gasteiger partial charge in [-0.2, -0.15) is 0 Å². The zero-order valence-electron chi connectivity index (χ0n) is 11.1. The highest BCUT2D eigenvalue weighted by Crippen LogP contribution is 2.18. The molecule has 0 saturated heterocycles. The van der Waals surface area contributed by atoms with E-state index in [1.54, 1.807) is 19.2 Å². The van der Waals surface area contributed by atoms with Crippen LogP contribution < -0.4 is 10.1 Å². The van der Waals surface area contributed by atoms with E-state index in [-0.39, 0.29) is 11.9 Å². The van der Waals surface area contributed by atoms with Crippen LogP contribution in [-0.2, 0) is 0 Å². The van der Waals surface area contributed by atoms with E-state index in [0.717, 1.165) is 6.42 Å². The molecule has 1 amide bonds. The maximum atomic E-state index is 12.2. The van der Waals surface area contributed by atoms with Crippen molar-refractivity contribution < 1.29 is 9.53 Å². The normalized spacial score (nSPS) is 12.3. The molecular weight excluding hydrogens is 250 g/mol. The van der Waals surface area contributed by atoms with Crippen molar-refractivity contribution in [3.8, 4) is 5.75 Å². The lowest BCUT2D eigenvalue weighted by Crippen LogP contribution is -2.39. The molecule has 0 heterocycles. The molecule has 1 N–H and O–H groups in total. The lowest BCUT2D eigenvalue weighted by molar-refractivity contribution is 0.0922. The van der Waals surface area contributed by atoms with Gasteiger partial charge in [0.25, 0.3) is 5.91 Å². The Morgan fingerprint density at radius 1 is 1.39 bits per heavy atom. The average molecular weight is 270 g/mol. The van der Waals surface area contributed by atoms with Gasteiger partial charge in [-0.15, -0.1) is 11.6 Å². The van der Waals surface area contributed by atoms with Crippen molar-refractivity contribution in [1.82, 2.24) is 5.32 Å². The lowest BCUT2D eigenvalue weighted by Gasteiger charge is -2.22. The van der Waals surface area contributed by atoms with Gasteiger partial charge in [0.1, 0.15) is 5.75 Å². The van der Waals surface area contributed by atoms with E-state index >= 15 is 0 Å². The van der Waals surface area contributed by atoms with Crippen LogP contribution in [0.1, 0.15) is 30.6 Å². The first-order chi connectivity index (χ1) is 8.60. The number of benzene rings is 1. The summed E-state index contributed by atoms with van der Waals surface area (Å²) in [5, 5.41) is 3.00. The molecule has 3 nitrogen and oxygen atoms in total. The number of carbonyl (C=O) groups is 1. The van der Waals surface area contributed by atoms with Crippen molar-refractivity contribution in [2.24, 2.45) is 5.92 Å². The molecule has 0 saturated carbocycles. The molecular formula is C14H20ClNO2. The second-order valence-electron chi connectivity index (χ2n) is 4.50. The molecule has 0 aliphatic carbocycles. The Hall–Kier alpha value is -1.22. The van der Waals surface area contributed by atoms with Crippen LogP contribution in [0.4, 0.5) is 0 Å². The summed E-state index contributed by atoms with van der Waals surface area (Å²) in [6, 6.07) is 7.28. The van der Waals surface area contributed by atoms with Crippen molar-refractivity contribution in [3.63, 3.8) is 0 Å². The molecule has 100 valence electrons. The predicted molar refractivity (Wildman–Crippen MR) is 74.4 cm³/mol. The zero-order valence-corrected chi connectivity index (χ0v) is 11.8. The van der Waals surface area contributed by atoms with Gasteiger partial charge >= 0.3 is 0 Å². The van der Waals surface area contributed by atoms with Gasteiger partial charge in [-0.3, -0.25) is 4.79 Å². The first kappa shape index (κ1) is 14.8. The van der Waals surface area contributed by atoms with E-state index in [9.17, 15) is 4.79 Å². The van der Waals surface area contributed by atoms with Crippen LogP contribution in [0.3, 0.4) is 0 Å². The van der Waals surface area contributed by atoms with Crippen molar-refractivity contribution in [2.75, 3.05) is 13.0 Å². The van der Waals surface area contributed by atoms with Gasteiger partial charge in [0.2, 0.25) is 0 Å². The van der Waals surface area contributed by atoms with Crippen LogP contribution in [-0.4, -0.2) is 24.9 Å². The molecule has 0 fully saturated rings. The molecule has 0 radical (unpaired) electrons. The van der Waals surface area contributed by atoms with Gasteiger partial charge in [-0.05, 0) is 24.5 Å². The van der Waals surface area contributed by atoms with Crippen LogP contribution in [0.2, 0.25) is 0 Å². The topological polar surface area (TPSA) is 38.3 Å². The highest BCUT2D eigenvalue weighted by Gasteiger charge is 2.18. The Labute approximate surface area is 113 Å². The van der Waals surface area contributed by atoms with E-state index in [2.05, 4.69) is 19.2 Å². The lowest BCUT2D eigenvalue weighted by atomic mass is 10.0. The second kappa shape index (κ2) is 7.27. The van der Waals surface area contributed by atoms with Crippen LogP contribution >= 0.6 is 11.6 Å². The number of nitrogens with one attached hydrogen (secondary N) is 1. The summed E-state index contributed by atoms with van der Waals surface area (Å²) in [6.45, 7) is 4.14. The van der Waals surface area contributed by atoms with Crippen LogP contribution in [0.25, 0.3) is 0 Å². The minimum Gasteiger partial charge on any atom is -0.496 e. The summed E-state index contributed by atoms with van der Waals surface area (Å²) in [4.78, 5) is 12.2. The number of alkyl halides is 1. The Bertz CT molecular complexity index is 393. The van der Waals surface area contributed by atoms with Gasteiger partial charge in [0, 0.05) is 11.9 Å². The number of para-hydroxylation sites is 1. The smallest absolute Gasteiger partial charge is 0.255 e. The van der Waals surface area contributed by atoms with E-state index in [4.69, 9.17) is 16.3 Å². The number of hydrogen-bond donors (Lipinski definition) is 1. The summed E-state index contributed by atoms with van der Waals surface area (Å²) >= 11 is 5.75. The number of methoxy groups -OCH3 is 1. The number of rotatable bonds is 6. The number of halogens is 1. The van der Waals surface area contributed by atoms with Gasteiger partial charge < -0.3 is 10.1 Å². The second-order valence-corrected chi connectivity index (χ2v) is 4.88. The van der Waals surface area contributed by atoms with Crippen molar-refractivity contribution in [1.29, 1.82) is 0 Å². The molecule has 0 aromatic heterocycles. The predicted octanol–water partition coefficient (Wildman–Crippen LogP) is 3.08. The standard InChI is InChI=1S/C14H20ClNO2/c1-10(2)12(8-9-15)16-14(17)11-6-4-5-7-13(11)18-3/h4-7,10,12H,8-9H2,1-3H3,(H,16,17). The molecule has 1 aromatic carbocycles. The summed E-state index contributed by atoms with van der Waals surface area (Å²) < 4.78 is 5.18. The Morgan fingerprint density at radius 2 is 2.06 bits per heavy atom. The van der Waals surface area contributed by atoms with Crippen molar-refractivity contribution in [3.05, 3.63) is 29.8 Å². The molecule has 0 aliphatic rings. The van der Waals surface area contributed by atoms with Crippen LogP contribution in [0.15, 0.2) is 24.3 Å². The van der Waals surface area contributed by atoms with Crippen molar-refractivity contribution in [2.45, 2.75) is 26.3 Å². The van der Waals surface area contributed by atoms with Gasteiger partial charge in [-0.1, -0.05) is 26.0 Å². The minimum atomic E-state index is -0.115. The van der Waals surface area contributed by atoms with E-state index in [1.807, 2.05) is 12.1 Å². The Morgan fingerprint density at radius 3 is 2.61 bits per heavy atom. The average Bonchev–Trinajstić information content (AvgIpc) is 2.37. The van der Waals surface area contributed by atoms with Gasteiger partial charge in [0.15, 0.2) is 0 Å². The number of hydrogen-bond acceptors (Lipinski definition) is 2. The molecule has 1 unspecified atom stereocenters. The summed E-state index contributed by atoms with van der Waals surface area (Å²) in [7, 11) is 1.56. The molecule has 0 aliphatic heterocycles. The molecule has 1 atom stereocenters. The van der Waals surface area contributed by atoms with E-state index in [0.29, 0.717) is 23.1 Å². The third kappa shape index (κ3) is 3.91. The maximum Gasteiger partial charge on any atom is 0.255 e. The largest absolute Gasteiger partial charge is 0.496 e. The highest BCUT2D eigenvalue weighted by molar-refractivity contribution is 6.17. The number of ether oxygens (including phenoxy) is 1. The quantitative estimate of drug-likeness (QED) is 0.806. The summed E-state index contributed by atoms with van der Waals surface area (Å²) in [5.41, 5.74) is 0.556. The molecule has 4 heteroatoms. The van der Waals surface area contributed by atoms with Gasteiger partial charge in [0.05, 0.1) is 12.7 Å². The third-order valence-corrected chi connectivity index (χ3v) is 3.11. The molecule has 0 bridgehead atoms. The third-order valence-electron chi connectivity index (χ3n) is 2.89. The fourth-order valence-electron chi connectivity index (χ4n) is 1.77. The molecule has 1 rings (SSSR count). The monoisotopic (exact) mass is 269 g/mol. The maximum absolute atomic E-state index is 12.2. The van der Waals surface area contributed by atoms with Gasteiger partial charge in [-0.25, -0.2) is 0 Å². The first-order valence-corrected chi connectivity index (χ1v) is 6.63. The minimum absolute atomic E-state index is 0.0833. The van der Waals surface area contributed by atoms with E-state index < -0.39 is 0 Å². The number of carbonyl (C=O) groups excluding carboxylic acids is 1. The van der Waals surface area contributed by atoms with Crippen LogP contribution in [0.5, 0.6) is 5.75 Å². The SMILES string of the molecule is COc1ccccc1C(=O)NC(CCCl)C(C)C. The Balaban J connectivity index is 2.80. The Kier molecular flexibility index (Phi) is 5.99. The van der Waals surface area contributed by atoms with Crippen molar-refractivity contribution >= 4 is 17.5 Å². The molecule has 0 spiro atoms. The number of amides is 1. The molecule has 1 aromatic rings. The fourth-order valence-corrected chi connectivity index (χ4v) is 2.00.